The van der Waals surface area contributed by atoms with Gasteiger partial charge in [-0.15, -0.1) is 0 Å². The average molecular weight is 511 g/mol. The second-order valence-electron chi connectivity index (χ2n) is 10.5. The second-order valence-corrected chi connectivity index (χ2v) is 10.5. The molecule has 1 amide bonds. The number of aryl methyl sites for hydroxylation is 2. The van der Waals surface area contributed by atoms with Crippen LogP contribution in [-0.2, 0) is 29.5 Å². The Labute approximate surface area is 220 Å². The number of aliphatic carboxylic acids is 1. The van der Waals surface area contributed by atoms with E-state index in [1.165, 1.54) is 0 Å². The summed E-state index contributed by atoms with van der Waals surface area (Å²) in [6, 6.07) is 5.87. The number of carbonyl (C=O) groups excluding carboxylic acids is 1. The Hall–Kier alpha value is -2.87. The van der Waals surface area contributed by atoms with Crippen LogP contribution in [0.1, 0.15) is 68.8 Å². The number of carboxylic acid groups (broad SMARTS) is 1. The molecule has 0 saturated carbocycles. The molecule has 3 heterocycles. The summed E-state index contributed by atoms with van der Waals surface area (Å²) in [5.41, 5.74) is 2.17. The Balaban J connectivity index is 1.59. The maximum atomic E-state index is 13.5. The highest BCUT2D eigenvalue weighted by Crippen LogP contribution is 2.41. The van der Waals surface area contributed by atoms with Crippen molar-refractivity contribution in [1.82, 2.24) is 19.4 Å². The van der Waals surface area contributed by atoms with Gasteiger partial charge in [-0.1, -0.05) is 38.8 Å². The molecule has 8 heteroatoms. The molecule has 202 valence electrons. The lowest BCUT2D eigenvalue weighted by Gasteiger charge is -2.29. The molecule has 1 aromatic heterocycles. The number of likely N-dealkylation sites (tertiary alicyclic amines) is 1. The molecule has 1 aromatic carbocycles. The number of imidazole rings is 1. The Bertz CT molecular complexity index is 1060. The van der Waals surface area contributed by atoms with Gasteiger partial charge in [-0.05, 0) is 36.5 Å². The highest BCUT2D eigenvalue weighted by atomic mass is 16.5. The number of fused-ring (bicyclic) bond motifs is 1. The minimum atomic E-state index is -0.796. The molecule has 1 saturated heterocycles. The summed E-state index contributed by atoms with van der Waals surface area (Å²) in [5.74, 6) is 0.373. The smallest absolute Gasteiger partial charge is 0.308 e. The van der Waals surface area contributed by atoms with E-state index in [4.69, 9.17) is 4.74 Å². The van der Waals surface area contributed by atoms with Gasteiger partial charge in [-0.25, -0.2) is 4.98 Å². The monoisotopic (exact) mass is 510 g/mol. The summed E-state index contributed by atoms with van der Waals surface area (Å²) in [7, 11) is 1.96. The Morgan fingerprint density at radius 2 is 1.95 bits per heavy atom. The molecular weight excluding hydrogens is 468 g/mol. The van der Waals surface area contributed by atoms with E-state index in [-0.39, 0.29) is 24.4 Å². The maximum absolute atomic E-state index is 13.5. The summed E-state index contributed by atoms with van der Waals surface area (Å²) in [6.45, 7) is 7.29. The van der Waals surface area contributed by atoms with E-state index >= 15 is 0 Å². The number of amides is 1. The van der Waals surface area contributed by atoms with Crippen LogP contribution < -0.4 is 4.74 Å². The number of carbonyl (C=O) groups is 2. The molecule has 2 aliphatic heterocycles. The number of benzene rings is 1. The third-order valence-electron chi connectivity index (χ3n) is 8.01. The number of hydrogen-bond acceptors (Lipinski definition) is 5. The van der Waals surface area contributed by atoms with Crippen LogP contribution in [0.2, 0.25) is 0 Å². The lowest BCUT2D eigenvalue weighted by molar-refractivity contribution is -0.143. The largest absolute Gasteiger partial charge is 0.493 e. The first kappa shape index (κ1) is 27.2. The van der Waals surface area contributed by atoms with Gasteiger partial charge >= 0.3 is 5.97 Å². The maximum Gasteiger partial charge on any atom is 0.308 e. The molecule has 0 radical (unpaired) electrons. The minimum absolute atomic E-state index is 0.107. The summed E-state index contributed by atoms with van der Waals surface area (Å²) in [6.07, 6.45) is 9.89. The van der Waals surface area contributed by atoms with Crippen LogP contribution in [0.15, 0.2) is 30.6 Å². The van der Waals surface area contributed by atoms with Gasteiger partial charge in [0.15, 0.2) is 0 Å². The van der Waals surface area contributed by atoms with Crippen molar-refractivity contribution in [3.63, 3.8) is 0 Å². The van der Waals surface area contributed by atoms with Gasteiger partial charge in [0, 0.05) is 63.9 Å². The predicted molar refractivity (Wildman–Crippen MR) is 143 cm³/mol. The van der Waals surface area contributed by atoms with Crippen LogP contribution in [0, 0.1) is 5.92 Å². The third-order valence-corrected chi connectivity index (χ3v) is 8.01. The van der Waals surface area contributed by atoms with E-state index in [0.717, 1.165) is 67.9 Å². The first-order valence-electron chi connectivity index (χ1n) is 13.9. The van der Waals surface area contributed by atoms with Gasteiger partial charge in [0.2, 0.25) is 5.91 Å². The lowest BCUT2D eigenvalue weighted by atomic mass is 9.83. The Morgan fingerprint density at radius 1 is 1.19 bits per heavy atom. The number of aromatic nitrogens is 2. The van der Waals surface area contributed by atoms with Crippen molar-refractivity contribution in [2.24, 2.45) is 13.0 Å². The van der Waals surface area contributed by atoms with E-state index in [2.05, 4.69) is 29.8 Å². The van der Waals surface area contributed by atoms with E-state index in [1.807, 2.05) is 34.8 Å². The number of ether oxygens (including phenoxy) is 1. The van der Waals surface area contributed by atoms with Crippen LogP contribution in [0.5, 0.6) is 5.75 Å². The topological polar surface area (TPSA) is 87.9 Å². The molecule has 2 aliphatic rings. The van der Waals surface area contributed by atoms with Gasteiger partial charge in [-0.3, -0.25) is 14.5 Å². The molecule has 8 nitrogen and oxygen atoms in total. The number of nitrogens with zero attached hydrogens (tertiary/aromatic N) is 4. The summed E-state index contributed by atoms with van der Waals surface area (Å²) < 4.78 is 7.66. The zero-order valence-electron chi connectivity index (χ0n) is 22.6. The third kappa shape index (κ3) is 6.35. The van der Waals surface area contributed by atoms with Crippen LogP contribution in [-0.4, -0.2) is 75.2 Å². The molecular formula is C29H42N4O4. The predicted octanol–water partition coefficient (Wildman–Crippen LogP) is 3.89. The molecule has 1 N–H and O–H groups in total. The molecule has 0 unspecified atom stereocenters. The van der Waals surface area contributed by atoms with E-state index in [9.17, 15) is 14.7 Å². The quantitative estimate of drug-likeness (QED) is 0.440. The zero-order valence-corrected chi connectivity index (χ0v) is 22.6. The fourth-order valence-corrected chi connectivity index (χ4v) is 5.87. The average Bonchev–Trinajstić information content (AvgIpc) is 3.60. The fraction of sp³-hybridized carbons (Fsp3) is 0.621. The van der Waals surface area contributed by atoms with Crippen molar-refractivity contribution in [2.45, 2.75) is 70.8 Å². The molecule has 4 rings (SSSR count). The highest BCUT2D eigenvalue weighted by Gasteiger charge is 2.47. The number of hydrogen-bond donors (Lipinski definition) is 1. The second kappa shape index (κ2) is 12.6. The van der Waals surface area contributed by atoms with E-state index in [1.54, 1.807) is 6.20 Å². The normalized spacial score (nSPS) is 21.1. The van der Waals surface area contributed by atoms with Crippen LogP contribution >= 0.6 is 0 Å². The van der Waals surface area contributed by atoms with Crippen LogP contribution in [0.4, 0.5) is 0 Å². The van der Waals surface area contributed by atoms with Crippen molar-refractivity contribution in [3.8, 4) is 5.75 Å². The first-order chi connectivity index (χ1) is 17.9. The molecule has 1 fully saturated rings. The molecule has 0 spiro atoms. The SMILES string of the molecule is CCCCN(CCCC)C(=O)CN1C[C@H](c2ccc3c(c2)CCO3)[C@@H](C(=O)O)[C@@H]1CCc1nccn1C. The van der Waals surface area contributed by atoms with Gasteiger partial charge in [0.25, 0.3) is 0 Å². The van der Waals surface area contributed by atoms with E-state index < -0.39 is 11.9 Å². The standard InChI is InChI=1S/C29H42N4O4/c1-4-6-14-32(15-7-5-2)27(34)20-33-19-23(21-8-10-25-22(18-21)12-17-37-25)28(29(35)36)24(33)9-11-26-30-13-16-31(26)3/h8,10,13,16,18,23-24,28H,4-7,9,11-12,14-15,17,19-20H2,1-3H3,(H,35,36)/t23-,24+,28-/m1/s1. The lowest BCUT2D eigenvalue weighted by Crippen LogP contribution is -2.45. The fourth-order valence-electron chi connectivity index (χ4n) is 5.87. The van der Waals surface area contributed by atoms with Gasteiger partial charge in [0.05, 0.1) is 19.1 Å². The van der Waals surface area contributed by atoms with Gasteiger partial charge in [0.1, 0.15) is 11.6 Å². The molecule has 37 heavy (non-hydrogen) atoms. The number of carboxylic acids is 1. The van der Waals surface area contributed by atoms with Gasteiger partial charge < -0.3 is 19.3 Å². The summed E-state index contributed by atoms with van der Waals surface area (Å²) in [4.78, 5) is 34.8. The van der Waals surface area contributed by atoms with Crippen molar-refractivity contribution in [3.05, 3.63) is 47.5 Å². The number of rotatable bonds is 13. The van der Waals surface area contributed by atoms with Crippen molar-refractivity contribution < 1.29 is 19.4 Å². The molecule has 0 aliphatic carbocycles. The van der Waals surface area contributed by atoms with Gasteiger partial charge in [-0.2, -0.15) is 0 Å². The molecule has 0 bridgehead atoms. The molecule has 3 atom stereocenters. The zero-order chi connectivity index (χ0) is 26.4. The van der Waals surface area contributed by atoms with Crippen molar-refractivity contribution in [1.29, 1.82) is 0 Å². The summed E-state index contributed by atoms with van der Waals surface area (Å²) >= 11 is 0. The summed E-state index contributed by atoms with van der Waals surface area (Å²) in [5, 5.41) is 10.4. The van der Waals surface area contributed by atoms with E-state index in [0.29, 0.717) is 26.0 Å². The van der Waals surface area contributed by atoms with Crippen LogP contribution in [0.25, 0.3) is 0 Å². The Kier molecular flexibility index (Phi) is 9.24. The Morgan fingerprint density at radius 3 is 2.59 bits per heavy atom. The first-order valence-corrected chi connectivity index (χ1v) is 13.9. The van der Waals surface area contributed by atoms with Crippen molar-refractivity contribution in [2.75, 3.05) is 32.8 Å². The molecule has 2 aromatic rings. The highest BCUT2D eigenvalue weighted by molar-refractivity contribution is 5.79. The van der Waals surface area contributed by atoms with Crippen molar-refractivity contribution >= 4 is 11.9 Å². The number of unbranched alkanes of at least 4 members (excludes halogenated alkanes) is 2. The minimum Gasteiger partial charge on any atom is -0.493 e. The van der Waals surface area contributed by atoms with Crippen LogP contribution in [0.3, 0.4) is 0 Å².